The van der Waals surface area contributed by atoms with Gasteiger partial charge in [-0.1, -0.05) is 60.4 Å². The fourth-order valence-electron chi connectivity index (χ4n) is 4.74. The molecule has 2 aromatic carbocycles. The molecule has 0 atom stereocenters. The molecule has 5 aromatic rings. The van der Waals surface area contributed by atoms with Gasteiger partial charge in [-0.05, 0) is 41.8 Å². The van der Waals surface area contributed by atoms with Crippen LogP contribution in [0.15, 0.2) is 59.5 Å². The molecular formula is C29H27Cl2N3O4. The maximum atomic E-state index is 9.67. The Hall–Kier alpha value is -3.36. The van der Waals surface area contributed by atoms with Crippen molar-refractivity contribution in [3.63, 3.8) is 0 Å². The minimum absolute atomic E-state index is 0.0817. The molecule has 0 radical (unpaired) electrons. The van der Waals surface area contributed by atoms with Gasteiger partial charge in [0.1, 0.15) is 23.8 Å². The molecule has 2 N–H and O–H groups in total. The topological polar surface area (TPSA) is 93.5 Å². The number of nitrogens with zero attached hydrogens (tertiary/aromatic N) is 3. The van der Waals surface area contributed by atoms with Crippen LogP contribution in [-0.4, -0.2) is 24.9 Å². The third kappa shape index (κ3) is 4.78. The van der Waals surface area contributed by atoms with Crippen LogP contribution < -0.4 is 4.74 Å². The molecule has 3 aromatic heterocycles. The first-order valence-corrected chi connectivity index (χ1v) is 12.9. The van der Waals surface area contributed by atoms with Crippen LogP contribution in [0.3, 0.4) is 0 Å². The van der Waals surface area contributed by atoms with Gasteiger partial charge in [0.2, 0.25) is 0 Å². The third-order valence-electron chi connectivity index (χ3n) is 6.62. The highest BCUT2D eigenvalue weighted by Crippen LogP contribution is 2.39. The van der Waals surface area contributed by atoms with Crippen LogP contribution in [0, 0.1) is 6.92 Å². The van der Waals surface area contributed by atoms with Gasteiger partial charge >= 0.3 is 0 Å². The van der Waals surface area contributed by atoms with E-state index >= 15 is 0 Å². The highest BCUT2D eigenvalue weighted by atomic mass is 35.5. The van der Waals surface area contributed by atoms with E-state index in [4.69, 9.17) is 32.5 Å². The second-order valence-electron chi connectivity index (χ2n) is 9.57. The molecule has 0 spiro atoms. The van der Waals surface area contributed by atoms with Gasteiger partial charge < -0.3 is 24.0 Å². The van der Waals surface area contributed by atoms with E-state index in [1.165, 1.54) is 12.4 Å². The number of ether oxygens (including phenoxy) is 1. The Morgan fingerprint density at radius 3 is 2.45 bits per heavy atom. The van der Waals surface area contributed by atoms with Crippen molar-refractivity contribution in [3.8, 4) is 28.1 Å². The number of aromatic nitrogens is 3. The first-order chi connectivity index (χ1) is 18.2. The van der Waals surface area contributed by atoms with Crippen molar-refractivity contribution >= 4 is 34.1 Å². The molecule has 0 aliphatic heterocycles. The Labute approximate surface area is 230 Å². The van der Waals surface area contributed by atoms with Crippen molar-refractivity contribution in [2.75, 3.05) is 0 Å². The van der Waals surface area contributed by atoms with Gasteiger partial charge in [0.05, 0.1) is 15.6 Å². The monoisotopic (exact) mass is 551 g/mol. The van der Waals surface area contributed by atoms with E-state index in [-0.39, 0.29) is 12.5 Å². The summed E-state index contributed by atoms with van der Waals surface area (Å²) in [7, 11) is 1.89. The zero-order chi connectivity index (χ0) is 27.1. The average molecular weight is 552 g/mol. The Morgan fingerprint density at radius 2 is 1.79 bits per heavy atom. The molecule has 0 saturated heterocycles. The molecule has 0 saturated carbocycles. The second kappa shape index (κ2) is 10.4. The molecule has 9 heteroatoms. The Kier molecular flexibility index (Phi) is 7.20. The number of halogens is 2. The summed E-state index contributed by atoms with van der Waals surface area (Å²) in [6.07, 6.45) is 3.27. The first-order valence-electron chi connectivity index (χ1n) is 12.1. The highest BCUT2D eigenvalue weighted by Gasteiger charge is 2.24. The van der Waals surface area contributed by atoms with E-state index in [1.54, 1.807) is 6.20 Å². The molecule has 38 heavy (non-hydrogen) atoms. The number of aliphatic hydroxyl groups is 2. The summed E-state index contributed by atoms with van der Waals surface area (Å²) in [5, 5.41) is 25.2. The fourth-order valence-corrected chi connectivity index (χ4v) is 5.29. The molecule has 196 valence electrons. The van der Waals surface area contributed by atoms with Crippen LogP contribution in [0.5, 0.6) is 5.75 Å². The Balaban J connectivity index is 1.44. The molecule has 0 aliphatic carbocycles. The van der Waals surface area contributed by atoms with Crippen molar-refractivity contribution < 1.29 is 19.5 Å². The van der Waals surface area contributed by atoms with Crippen molar-refractivity contribution in [1.82, 2.24) is 14.7 Å². The van der Waals surface area contributed by atoms with Gasteiger partial charge in [-0.25, -0.2) is 0 Å². The summed E-state index contributed by atoms with van der Waals surface area (Å²) < 4.78 is 13.8. The summed E-state index contributed by atoms with van der Waals surface area (Å²) in [6.45, 7) is 6.30. The first kappa shape index (κ1) is 26.3. The van der Waals surface area contributed by atoms with Gasteiger partial charge in [0.15, 0.2) is 6.29 Å². The number of aryl methyl sites for hydroxylation is 2. The van der Waals surface area contributed by atoms with E-state index in [9.17, 15) is 10.2 Å². The Morgan fingerprint density at radius 1 is 1.05 bits per heavy atom. The molecule has 0 aliphatic rings. The molecule has 7 nitrogen and oxygen atoms in total. The zero-order valence-corrected chi connectivity index (χ0v) is 22.9. The lowest BCUT2D eigenvalue weighted by Crippen LogP contribution is -2.02. The standard InChI is InChI=1S/C29H27Cl2N3O4/c1-15(2)28-22(27(33-38-28)26-23(30)11-32-12-24(26)31)14-37-18-6-8-19(16(3)9-18)17-5-7-20-21(29(35)36)13-34(4)25(20)10-17/h5-13,15,29,35-36H,14H2,1-4H3. The fraction of sp³-hybridized carbons (Fsp3) is 0.241. The SMILES string of the molecule is Cc1cc(OCc2c(-c3c(Cl)cncc3Cl)noc2C(C)C)ccc1-c1ccc2c(C(O)O)cn(C)c2c1. The summed E-state index contributed by atoms with van der Waals surface area (Å²) >= 11 is 12.8. The lowest BCUT2D eigenvalue weighted by atomic mass is 9.98. The molecule has 0 fully saturated rings. The number of aliphatic hydroxyl groups excluding tert-OH is 1. The van der Waals surface area contributed by atoms with Crippen LogP contribution in [0.2, 0.25) is 10.0 Å². The molecule has 3 heterocycles. The maximum absolute atomic E-state index is 9.67. The van der Waals surface area contributed by atoms with E-state index in [0.717, 1.165) is 33.2 Å². The summed E-state index contributed by atoms with van der Waals surface area (Å²) in [5.74, 6) is 1.49. The van der Waals surface area contributed by atoms with E-state index in [2.05, 4.69) is 10.1 Å². The minimum Gasteiger partial charge on any atom is -0.489 e. The predicted molar refractivity (Wildman–Crippen MR) is 148 cm³/mol. The number of hydrogen-bond donors (Lipinski definition) is 2. The number of benzene rings is 2. The highest BCUT2D eigenvalue weighted by molar-refractivity contribution is 6.38. The third-order valence-corrected chi connectivity index (χ3v) is 7.20. The Bertz CT molecular complexity index is 1620. The lowest BCUT2D eigenvalue weighted by Gasteiger charge is -2.13. The van der Waals surface area contributed by atoms with E-state index in [1.807, 2.05) is 68.8 Å². The van der Waals surface area contributed by atoms with Crippen molar-refractivity contribution in [3.05, 3.63) is 87.5 Å². The van der Waals surface area contributed by atoms with Crippen LogP contribution in [0.4, 0.5) is 0 Å². The van der Waals surface area contributed by atoms with Crippen molar-refractivity contribution in [1.29, 1.82) is 0 Å². The maximum Gasteiger partial charge on any atom is 0.180 e. The van der Waals surface area contributed by atoms with Crippen LogP contribution in [0.25, 0.3) is 33.3 Å². The summed E-state index contributed by atoms with van der Waals surface area (Å²) in [5.41, 5.74) is 6.40. The van der Waals surface area contributed by atoms with Crippen LogP contribution in [0.1, 0.15) is 48.5 Å². The number of pyridine rings is 1. The van der Waals surface area contributed by atoms with E-state index < -0.39 is 6.29 Å². The van der Waals surface area contributed by atoms with Gasteiger partial charge in [-0.2, -0.15) is 0 Å². The molecule has 0 unspecified atom stereocenters. The predicted octanol–water partition coefficient (Wildman–Crippen LogP) is 7.20. The lowest BCUT2D eigenvalue weighted by molar-refractivity contribution is -0.0414. The quantitative estimate of drug-likeness (QED) is 0.208. The van der Waals surface area contributed by atoms with Gasteiger partial charge in [0, 0.05) is 53.6 Å². The normalized spacial score (nSPS) is 11.7. The average Bonchev–Trinajstić information content (AvgIpc) is 3.44. The molecule has 0 bridgehead atoms. The zero-order valence-electron chi connectivity index (χ0n) is 21.4. The van der Waals surface area contributed by atoms with E-state index in [0.29, 0.717) is 38.4 Å². The molecule has 0 amide bonds. The number of rotatable bonds is 7. The number of hydrogen-bond acceptors (Lipinski definition) is 6. The van der Waals surface area contributed by atoms with Gasteiger partial charge in [0.25, 0.3) is 0 Å². The van der Waals surface area contributed by atoms with Gasteiger partial charge in [-0.3, -0.25) is 4.98 Å². The second-order valence-corrected chi connectivity index (χ2v) is 10.4. The molecule has 5 rings (SSSR count). The molecular weight excluding hydrogens is 525 g/mol. The van der Waals surface area contributed by atoms with Gasteiger partial charge in [-0.15, -0.1) is 0 Å². The number of fused-ring (bicyclic) bond motifs is 1. The van der Waals surface area contributed by atoms with Crippen LogP contribution in [-0.2, 0) is 13.7 Å². The largest absolute Gasteiger partial charge is 0.489 e. The van der Waals surface area contributed by atoms with Crippen molar-refractivity contribution in [2.24, 2.45) is 7.05 Å². The summed E-state index contributed by atoms with van der Waals surface area (Å²) in [4.78, 5) is 4.03. The summed E-state index contributed by atoms with van der Waals surface area (Å²) in [6, 6.07) is 11.9. The van der Waals surface area contributed by atoms with Crippen LogP contribution >= 0.6 is 23.2 Å². The smallest absolute Gasteiger partial charge is 0.180 e. The minimum atomic E-state index is -1.52. The van der Waals surface area contributed by atoms with Crippen molar-refractivity contribution in [2.45, 2.75) is 39.6 Å².